The van der Waals surface area contributed by atoms with E-state index in [9.17, 15) is 0 Å². The molecule has 0 bridgehead atoms. The third kappa shape index (κ3) is 3.31. The second kappa shape index (κ2) is 6.14. The Morgan fingerprint density at radius 2 is 1.85 bits per heavy atom. The lowest BCUT2D eigenvalue weighted by atomic mass is 10.2. The lowest BCUT2D eigenvalue weighted by Crippen LogP contribution is -2.17. The van der Waals surface area contributed by atoms with Crippen LogP contribution in [-0.4, -0.2) is 41.1 Å². The summed E-state index contributed by atoms with van der Waals surface area (Å²) in [6, 6.07) is 5.82. The van der Waals surface area contributed by atoms with Gasteiger partial charge >= 0.3 is 0 Å². The molecule has 0 saturated heterocycles. The maximum Gasteiger partial charge on any atom is 0.231 e. The lowest BCUT2D eigenvalue weighted by molar-refractivity contribution is 0.815. The van der Waals surface area contributed by atoms with Crippen molar-refractivity contribution >= 4 is 17.8 Å². The molecule has 0 aromatic carbocycles. The fourth-order valence-electron chi connectivity index (χ4n) is 1.64. The van der Waals surface area contributed by atoms with E-state index in [1.807, 2.05) is 44.1 Å². The lowest BCUT2D eigenvalue weighted by Gasteiger charge is -2.16. The predicted octanol–water partition coefficient (Wildman–Crippen LogP) is 1.55. The number of hydrogen-bond donors (Lipinski definition) is 2. The van der Waals surface area contributed by atoms with Crippen LogP contribution in [0.5, 0.6) is 0 Å². The fourth-order valence-corrected chi connectivity index (χ4v) is 1.64. The summed E-state index contributed by atoms with van der Waals surface area (Å²) in [5.41, 5.74) is 0.935. The van der Waals surface area contributed by atoms with Crippen molar-refractivity contribution < 1.29 is 0 Å². The molecule has 7 nitrogen and oxygen atoms in total. The van der Waals surface area contributed by atoms with Gasteiger partial charge in [0.05, 0.1) is 11.7 Å². The molecule has 0 fully saturated rings. The van der Waals surface area contributed by atoms with Gasteiger partial charge in [0.2, 0.25) is 17.8 Å². The van der Waals surface area contributed by atoms with E-state index >= 15 is 0 Å². The zero-order valence-electron chi connectivity index (χ0n) is 12.1. The van der Waals surface area contributed by atoms with E-state index in [1.165, 1.54) is 0 Å². The molecule has 0 aliphatic carbocycles. The molecule has 20 heavy (non-hydrogen) atoms. The molecular weight excluding hydrogens is 254 g/mol. The van der Waals surface area contributed by atoms with Gasteiger partial charge < -0.3 is 15.5 Å². The SMILES string of the molecule is CNc1nc(NC(C)c2ccccn2)nc(N(C)C)n1. The molecule has 2 rings (SSSR count). The molecule has 0 aliphatic heterocycles. The van der Waals surface area contributed by atoms with E-state index < -0.39 is 0 Å². The number of nitrogens with one attached hydrogen (secondary N) is 2. The highest BCUT2D eigenvalue weighted by atomic mass is 15.3. The number of nitrogens with zero attached hydrogens (tertiary/aromatic N) is 5. The van der Waals surface area contributed by atoms with Crippen molar-refractivity contribution in [3.8, 4) is 0 Å². The van der Waals surface area contributed by atoms with Gasteiger partial charge in [-0.3, -0.25) is 4.98 Å². The largest absolute Gasteiger partial charge is 0.357 e. The normalized spacial score (nSPS) is 11.8. The summed E-state index contributed by atoms with van der Waals surface area (Å²) < 4.78 is 0. The van der Waals surface area contributed by atoms with Crippen LogP contribution in [0.2, 0.25) is 0 Å². The first kappa shape index (κ1) is 14.0. The van der Waals surface area contributed by atoms with Crippen LogP contribution in [0, 0.1) is 0 Å². The quantitative estimate of drug-likeness (QED) is 0.855. The van der Waals surface area contributed by atoms with E-state index in [0.717, 1.165) is 5.69 Å². The minimum Gasteiger partial charge on any atom is -0.357 e. The van der Waals surface area contributed by atoms with Crippen LogP contribution < -0.4 is 15.5 Å². The smallest absolute Gasteiger partial charge is 0.231 e. The predicted molar refractivity (Wildman–Crippen MR) is 80.0 cm³/mol. The van der Waals surface area contributed by atoms with Gasteiger partial charge in [-0.25, -0.2) is 0 Å². The number of anilines is 3. The maximum absolute atomic E-state index is 4.37. The Bertz CT molecular complexity index is 556. The number of aromatic nitrogens is 4. The zero-order chi connectivity index (χ0) is 14.5. The summed E-state index contributed by atoms with van der Waals surface area (Å²) in [6.07, 6.45) is 1.77. The highest BCUT2D eigenvalue weighted by molar-refractivity contribution is 5.43. The van der Waals surface area contributed by atoms with E-state index in [0.29, 0.717) is 17.8 Å². The molecular formula is C13H19N7. The summed E-state index contributed by atoms with van der Waals surface area (Å²) in [7, 11) is 5.56. The van der Waals surface area contributed by atoms with Crippen LogP contribution in [0.3, 0.4) is 0 Å². The topological polar surface area (TPSA) is 78.9 Å². The Balaban J connectivity index is 2.22. The Morgan fingerprint density at radius 3 is 2.45 bits per heavy atom. The minimum atomic E-state index is 0.0123. The molecule has 1 atom stereocenters. The molecule has 0 radical (unpaired) electrons. The van der Waals surface area contributed by atoms with Gasteiger partial charge in [0.15, 0.2) is 0 Å². The first-order valence-electron chi connectivity index (χ1n) is 6.38. The third-order valence-corrected chi connectivity index (χ3v) is 2.72. The highest BCUT2D eigenvalue weighted by Gasteiger charge is 2.11. The Hall–Kier alpha value is -2.44. The van der Waals surface area contributed by atoms with Gasteiger partial charge in [0.1, 0.15) is 0 Å². The second-order valence-electron chi connectivity index (χ2n) is 4.55. The van der Waals surface area contributed by atoms with Crippen molar-refractivity contribution in [2.75, 3.05) is 36.7 Å². The monoisotopic (exact) mass is 273 g/mol. The summed E-state index contributed by atoms with van der Waals surface area (Å²) in [5, 5.41) is 6.17. The number of hydrogen-bond acceptors (Lipinski definition) is 7. The Morgan fingerprint density at radius 1 is 1.10 bits per heavy atom. The van der Waals surface area contributed by atoms with Gasteiger partial charge in [-0.05, 0) is 19.1 Å². The Kier molecular flexibility index (Phi) is 4.29. The van der Waals surface area contributed by atoms with Crippen molar-refractivity contribution in [2.24, 2.45) is 0 Å². The van der Waals surface area contributed by atoms with Crippen LogP contribution >= 0.6 is 0 Å². The van der Waals surface area contributed by atoms with E-state index in [2.05, 4.69) is 30.6 Å². The average Bonchev–Trinajstić information content (AvgIpc) is 2.47. The first-order valence-corrected chi connectivity index (χ1v) is 6.38. The zero-order valence-corrected chi connectivity index (χ0v) is 12.1. The van der Waals surface area contributed by atoms with Crippen LogP contribution in [0.15, 0.2) is 24.4 Å². The van der Waals surface area contributed by atoms with Crippen molar-refractivity contribution in [2.45, 2.75) is 13.0 Å². The van der Waals surface area contributed by atoms with Crippen LogP contribution in [-0.2, 0) is 0 Å². The fraction of sp³-hybridized carbons (Fsp3) is 0.385. The van der Waals surface area contributed by atoms with E-state index in [4.69, 9.17) is 0 Å². The number of pyridine rings is 1. The van der Waals surface area contributed by atoms with Gasteiger partial charge in [0.25, 0.3) is 0 Å². The standard InChI is InChI=1S/C13H19N7/c1-9(10-7-5-6-8-15-10)16-12-17-11(14-2)18-13(19-12)20(3)4/h5-9H,1-4H3,(H2,14,16,17,18,19). The van der Waals surface area contributed by atoms with Crippen molar-refractivity contribution in [3.63, 3.8) is 0 Å². The first-order chi connectivity index (χ1) is 9.60. The summed E-state index contributed by atoms with van der Waals surface area (Å²) >= 11 is 0. The van der Waals surface area contributed by atoms with Crippen LogP contribution in [0.4, 0.5) is 17.8 Å². The average molecular weight is 273 g/mol. The van der Waals surface area contributed by atoms with Gasteiger partial charge in [-0.2, -0.15) is 15.0 Å². The summed E-state index contributed by atoms with van der Waals surface area (Å²) in [4.78, 5) is 19.1. The summed E-state index contributed by atoms with van der Waals surface area (Å²) in [6.45, 7) is 2.01. The molecule has 2 heterocycles. The second-order valence-corrected chi connectivity index (χ2v) is 4.55. The minimum absolute atomic E-state index is 0.0123. The molecule has 7 heteroatoms. The maximum atomic E-state index is 4.37. The van der Waals surface area contributed by atoms with Gasteiger partial charge in [-0.15, -0.1) is 0 Å². The van der Waals surface area contributed by atoms with Gasteiger partial charge in [0, 0.05) is 27.3 Å². The molecule has 0 saturated carbocycles. The van der Waals surface area contributed by atoms with Crippen LogP contribution in [0.25, 0.3) is 0 Å². The molecule has 2 aromatic rings. The number of rotatable bonds is 5. The Labute approximate surface area is 118 Å². The van der Waals surface area contributed by atoms with Crippen molar-refractivity contribution in [1.29, 1.82) is 0 Å². The van der Waals surface area contributed by atoms with Gasteiger partial charge in [-0.1, -0.05) is 6.07 Å². The molecule has 0 amide bonds. The molecule has 1 unspecified atom stereocenters. The third-order valence-electron chi connectivity index (χ3n) is 2.72. The molecule has 106 valence electrons. The molecule has 2 N–H and O–H groups in total. The van der Waals surface area contributed by atoms with E-state index in [1.54, 1.807) is 13.2 Å². The van der Waals surface area contributed by atoms with Crippen molar-refractivity contribution in [3.05, 3.63) is 30.1 Å². The van der Waals surface area contributed by atoms with Crippen LogP contribution in [0.1, 0.15) is 18.7 Å². The molecule has 2 aromatic heterocycles. The highest BCUT2D eigenvalue weighted by Crippen LogP contribution is 2.17. The summed E-state index contributed by atoms with van der Waals surface area (Å²) in [5.74, 6) is 1.64. The van der Waals surface area contributed by atoms with E-state index in [-0.39, 0.29) is 6.04 Å². The molecule has 0 aliphatic rings. The van der Waals surface area contributed by atoms with Crippen molar-refractivity contribution in [1.82, 2.24) is 19.9 Å². The molecule has 0 spiro atoms.